The largest absolute Gasteiger partial charge is 0.351 e. The summed E-state index contributed by atoms with van der Waals surface area (Å²) in [5, 5.41) is 5.10. The molecule has 22 heavy (non-hydrogen) atoms. The Morgan fingerprint density at radius 3 is 2.55 bits per heavy atom. The van der Waals surface area contributed by atoms with Crippen LogP contribution in [0.3, 0.4) is 0 Å². The minimum atomic E-state index is 0.0618. The van der Waals surface area contributed by atoms with Crippen molar-refractivity contribution < 1.29 is 4.79 Å². The van der Waals surface area contributed by atoms with Gasteiger partial charge in [-0.05, 0) is 35.8 Å². The van der Waals surface area contributed by atoms with Crippen LogP contribution in [-0.2, 0) is 0 Å². The van der Waals surface area contributed by atoms with E-state index in [2.05, 4.69) is 35.6 Å². The molecule has 1 aromatic heterocycles. The topological polar surface area (TPSA) is 29.1 Å². The van der Waals surface area contributed by atoms with Gasteiger partial charge in [-0.25, -0.2) is 0 Å². The third kappa shape index (κ3) is 3.77. The number of carbonyl (C=O) groups is 1. The van der Waals surface area contributed by atoms with Gasteiger partial charge in [-0.3, -0.25) is 4.79 Å². The summed E-state index contributed by atoms with van der Waals surface area (Å²) in [4.78, 5) is 13.0. The SMILES string of the molecule is O=C(NC[C@@H](c1ccccc1)C1CCCCC1)c1cccs1. The molecule has 0 unspecified atom stereocenters. The van der Waals surface area contributed by atoms with Crippen LogP contribution in [0.5, 0.6) is 0 Å². The lowest BCUT2D eigenvalue weighted by molar-refractivity contribution is 0.0950. The fourth-order valence-corrected chi connectivity index (χ4v) is 4.13. The monoisotopic (exact) mass is 313 g/mol. The van der Waals surface area contributed by atoms with Gasteiger partial charge in [-0.2, -0.15) is 0 Å². The molecule has 1 heterocycles. The molecule has 2 aromatic rings. The molecule has 1 fully saturated rings. The average Bonchev–Trinajstić information content (AvgIpc) is 3.11. The van der Waals surface area contributed by atoms with Crippen molar-refractivity contribution in [2.75, 3.05) is 6.54 Å². The molecule has 1 saturated carbocycles. The van der Waals surface area contributed by atoms with Crippen LogP contribution in [0.4, 0.5) is 0 Å². The normalized spacial score (nSPS) is 17.1. The predicted octanol–water partition coefficient (Wildman–Crippen LogP) is 4.84. The number of hydrogen-bond acceptors (Lipinski definition) is 2. The maximum atomic E-state index is 12.2. The molecular weight excluding hydrogens is 290 g/mol. The average molecular weight is 313 g/mol. The van der Waals surface area contributed by atoms with Crippen molar-refractivity contribution in [2.45, 2.75) is 38.0 Å². The zero-order valence-corrected chi connectivity index (χ0v) is 13.6. The minimum Gasteiger partial charge on any atom is -0.351 e. The molecule has 0 bridgehead atoms. The Kier molecular flexibility index (Phi) is 5.28. The third-order valence-electron chi connectivity index (χ3n) is 4.67. The molecule has 2 nitrogen and oxygen atoms in total. The molecule has 0 radical (unpaired) electrons. The first-order chi connectivity index (χ1) is 10.8. The van der Waals surface area contributed by atoms with E-state index in [0.29, 0.717) is 11.8 Å². The number of thiophene rings is 1. The van der Waals surface area contributed by atoms with Gasteiger partial charge >= 0.3 is 0 Å². The summed E-state index contributed by atoms with van der Waals surface area (Å²) in [5.41, 5.74) is 1.36. The number of benzene rings is 1. The second-order valence-electron chi connectivity index (χ2n) is 6.10. The van der Waals surface area contributed by atoms with Gasteiger partial charge in [0.1, 0.15) is 0 Å². The summed E-state index contributed by atoms with van der Waals surface area (Å²) in [6.07, 6.45) is 6.59. The van der Waals surface area contributed by atoms with Crippen LogP contribution in [0.2, 0.25) is 0 Å². The van der Waals surface area contributed by atoms with Gasteiger partial charge in [-0.1, -0.05) is 55.7 Å². The number of nitrogens with one attached hydrogen (secondary N) is 1. The highest BCUT2D eigenvalue weighted by atomic mass is 32.1. The van der Waals surface area contributed by atoms with Crippen molar-refractivity contribution >= 4 is 17.2 Å². The van der Waals surface area contributed by atoms with Crippen molar-refractivity contribution in [3.63, 3.8) is 0 Å². The predicted molar refractivity (Wildman–Crippen MR) is 92.4 cm³/mol. The van der Waals surface area contributed by atoms with Crippen LogP contribution in [0.15, 0.2) is 47.8 Å². The van der Waals surface area contributed by atoms with E-state index in [9.17, 15) is 4.79 Å². The van der Waals surface area contributed by atoms with E-state index in [0.717, 1.165) is 11.4 Å². The van der Waals surface area contributed by atoms with E-state index in [1.807, 2.05) is 17.5 Å². The molecule has 1 N–H and O–H groups in total. The molecule has 0 saturated heterocycles. The molecular formula is C19H23NOS. The van der Waals surface area contributed by atoms with E-state index < -0.39 is 0 Å². The van der Waals surface area contributed by atoms with Crippen LogP contribution in [0.25, 0.3) is 0 Å². The molecule has 3 heteroatoms. The van der Waals surface area contributed by atoms with Crippen LogP contribution in [0, 0.1) is 5.92 Å². The van der Waals surface area contributed by atoms with Gasteiger partial charge in [-0.15, -0.1) is 11.3 Å². The number of rotatable bonds is 5. The Balaban J connectivity index is 1.69. The molecule has 0 spiro atoms. The van der Waals surface area contributed by atoms with Crippen LogP contribution in [-0.4, -0.2) is 12.5 Å². The Morgan fingerprint density at radius 1 is 1.09 bits per heavy atom. The lowest BCUT2D eigenvalue weighted by atomic mass is 9.77. The Hall–Kier alpha value is -1.61. The zero-order valence-electron chi connectivity index (χ0n) is 12.8. The van der Waals surface area contributed by atoms with E-state index in [1.165, 1.54) is 49.0 Å². The highest BCUT2D eigenvalue weighted by Crippen LogP contribution is 2.35. The van der Waals surface area contributed by atoms with Gasteiger partial charge in [0, 0.05) is 12.5 Å². The number of carbonyl (C=O) groups excluding carboxylic acids is 1. The van der Waals surface area contributed by atoms with E-state index in [1.54, 1.807) is 0 Å². The Bertz CT molecular complexity index is 573. The molecule has 3 rings (SSSR count). The fourth-order valence-electron chi connectivity index (χ4n) is 3.49. The third-order valence-corrected chi connectivity index (χ3v) is 5.54. The van der Waals surface area contributed by atoms with E-state index >= 15 is 0 Å². The van der Waals surface area contributed by atoms with Crippen molar-refractivity contribution in [1.29, 1.82) is 0 Å². The second-order valence-corrected chi connectivity index (χ2v) is 7.05. The summed E-state index contributed by atoms with van der Waals surface area (Å²) in [7, 11) is 0. The molecule has 1 atom stereocenters. The quantitative estimate of drug-likeness (QED) is 0.840. The first-order valence-corrected chi connectivity index (χ1v) is 9.09. The van der Waals surface area contributed by atoms with Crippen LogP contribution in [0.1, 0.15) is 53.3 Å². The van der Waals surface area contributed by atoms with Gasteiger partial charge in [0.2, 0.25) is 0 Å². The zero-order chi connectivity index (χ0) is 15.2. The molecule has 1 aliphatic carbocycles. The molecule has 116 valence electrons. The fraction of sp³-hybridized carbons (Fsp3) is 0.421. The smallest absolute Gasteiger partial charge is 0.261 e. The summed E-state index contributed by atoms with van der Waals surface area (Å²) in [6, 6.07) is 14.5. The number of amides is 1. The minimum absolute atomic E-state index is 0.0618. The van der Waals surface area contributed by atoms with Crippen LogP contribution < -0.4 is 5.32 Å². The molecule has 0 aliphatic heterocycles. The van der Waals surface area contributed by atoms with E-state index in [-0.39, 0.29) is 5.91 Å². The summed E-state index contributed by atoms with van der Waals surface area (Å²) < 4.78 is 0. The Labute approximate surface area is 136 Å². The highest BCUT2D eigenvalue weighted by molar-refractivity contribution is 7.12. The molecule has 1 amide bonds. The van der Waals surface area contributed by atoms with Gasteiger partial charge in [0.05, 0.1) is 4.88 Å². The first-order valence-electron chi connectivity index (χ1n) is 8.21. The highest BCUT2D eigenvalue weighted by Gasteiger charge is 2.25. The summed E-state index contributed by atoms with van der Waals surface area (Å²) >= 11 is 1.50. The number of hydrogen-bond donors (Lipinski definition) is 1. The van der Waals surface area contributed by atoms with Crippen molar-refractivity contribution in [2.24, 2.45) is 5.92 Å². The van der Waals surface area contributed by atoms with Gasteiger partial charge < -0.3 is 5.32 Å². The van der Waals surface area contributed by atoms with Gasteiger partial charge in [0.25, 0.3) is 5.91 Å². The van der Waals surface area contributed by atoms with Gasteiger partial charge in [0.15, 0.2) is 0 Å². The Morgan fingerprint density at radius 2 is 1.86 bits per heavy atom. The lowest BCUT2D eigenvalue weighted by Gasteiger charge is -2.31. The summed E-state index contributed by atoms with van der Waals surface area (Å²) in [5.74, 6) is 1.19. The lowest BCUT2D eigenvalue weighted by Crippen LogP contribution is -2.31. The molecule has 1 aromatic carbocycles. The van der Waals surface area contributed by atoms with Crippen molar-refractivity contribution in [3.05, 3.63) is 58.3 Å². The van der Waals surface area contributed by atoms with Crippen LogP contribution >= 0.6 is 11.3 Å². The maximum absolute atomic E-state index is 12.2. The molecule has 1 aliphatic rings. The van der Waals surface area contributed by atoms with Crippen molar-refractivity contribution in [3.8, 4) is 0 Å². The van der Waals surface area contributed by atoms with Crippen molar-refractivity contribution in [1.82, 2.24) is 5.32 Å². The summed E-state index contributed by atoms with van der Waals surface area (Å²) in [6.45, 7) is 0.741. The second kappa shape index (κ2) is 7.59. The first kappa shape index (κ1) is 15.3. The maximum Gasteiger partial charge on any atom is 0.261 e. The van der Waals surface area contributed by atoms with E-state index in [4.69, 9.17) is 0 Å². The standard InChI is InChI=1S/C19H23NOS/c21-19(18-12-7-13-22-18)20-14-17(15-8-3-1-4-9-15)16-10-5-2-6-11-16/h1,3-4,7-9,12-13,16-17H,2,5-6,10-11,14H2,(H,20,21)/t17-/m0/s1.